The summed E-state index contributed by atoms with van der Waals surface area (Å²) >= 11 is 1.47. The number of carbonyl (C=O) groups is 1. The zero-order valence-electron chi connectivity index (χ0n) is 13.6. The molecule has 0 aliphatic heterocycles. The number of aromatic nitrogens is 1. The van der Waals surface area contributed by atoms with E-state index in [4.69, 9.17) is 4.74 Å². The van der Waals surface area contributed by atoms with E-state index in [0.717, 1.165) is 21.5 Å². The van der Waals surface area contributed by atoms with Crippen LogP contribution in [0, 0.1) is 6.92 Å². The van der Waals surface area contributed by atoms with Crippen LogP contribution in [0.5, 0.6) is 5.75 Å². The fourth-order valence-corrected chi connectivity index (χ4v) is 3.25. The molecule has 3 rings (SSSR count). The van der Waals surface area contributed by atoms with E-state index in [-0.39, 0.29) is 5.91 Å². The second-order valence-corrected chi connectivity index (χ2v) is 6.35. The lowest BCUT2D eigenvalue weighted by Crippen LogP contribution is -2.07. The molecule has 0 atom stereocenters. The lowest BCUT2D eigenvalue weighted by atomic mass is 10.2. The van der Waals surface area contributed by atoms with Crippen molar-refractivity contribution in [2.45, 2.75) is 13.8 Å². The quantitative estimate of drug-likeness (QED) is 0.689. The van der Waals surface area contributed by atoms with E-state index in [9.17, 15) is 4.79 Å². The number of ether oxygens (including phenoxy) is 1. The summed E-state index contributed by atoms with van der Waals surface area (Å²) in [5, 5.41) is 3.42. The molecule has 0 aliphatic carbocycles. The van der Waals surface area contributed by atoms with E-state index in [1.807, 2.05) is 50.2 Å². The first-order valence-electron chi connectivity index (χ1n) is 7.73. The minimum absolute atomic E-state index is 0.201. The zero-order chi connectivity index (χ0) is 16.9. The van der Waals surface area contributed by atoms with Gasteiger partial charge in [-0.25, -0.2) is 4.98 Å². The molecule has 0 radical (unpaired) electrons. The number of rotatable bonds is 5. The highest BCUT2D eigenvalue weighted by molar-refractivity contribution is 7.22. The first-order valence-corrected chi connectivity index (χ1v) is 8.55. The van der Waals surface area contributed by atoms with Gasteiger partial charge < -0.3 is 4.74 Å². The fourth-order valence-electron chi connectivity index (χ4n) is 2.28. The maximum Gasteiger partial charge on any atom is 0.250 e. The molecule has 1 aromatic heterocycles. The number of nitrogens with zero attached hydrogens (tertiary/aromatic N) is 1. The van der Waals surface area contributed by atoms with Crippen molar-refractivity contribution in [3.8, 4) is 5.75 Å². The molecule has 1 amide bonds. The molecule has 0 unspecified atom stereocenters. The topological polar surface area (TPSA) is 51.2 Å². The Bertz CT molecular complexity index is 899. The number of anilines is 1. The minimum atomic E-state index is -0.201. The highest BCUT2D eigenvalue weighted by Crippen LogP contribution is 2.26. The zero-order valence-corrected chi connectivity index (χ0v) is 14.4. The Morgan fingerprint density at radius 3 is 3.00 bits per heavy atom. The number of carbonyl (C=O) groups excluding carboxylic acids is 1. The van der Waals surface area contributed by atoms with Crippen LogP contribution in [0.15, 0.2) is 48.5 Å². The summed E-state index contributed by atoms with van der Waals surface area (Å²) < 4.78 is 6.52. The van der Waals surface area contributed by atoms with Crippen molar-refractivity contribution in [1.82, 2.24) is 4.98 Å². The Morgan fingerprint density at radius 1 is 1.29 bits per heavy atom. The molecular weight excluding hydrogens is 320 g/mol. The molecule has 0 fully saturated rings. The number of amides is 1. The standard InChI is InChI=1S/C19H18N2O2S/c1-3-23-15-6-4-5-14(12-15)8-10-18(22)21-19-20-16-9-7-13(2)11-17(16)24-19/h4-12H,3H2,1-2H3,(H,20,21,22). The Kier molecular flexibility index (Phi) is 4.91. The molecule has 4 nitrogen and oxygen atoms in total. The lowest BCUT2D eigenvalue weighted by molar-refractivity contribution is -0.111. The van der Waals surface area contributed by atoms with Crippen molar-refractivity contribution >= 4 is 38.7 Å². The molecule has 0 spiro atoms. The smallest absolute Gasteiger partial charge is 0.250 e. The number of nitrogens with one attached hydrogen (secondary N) is 1. The molecule has 24 heavy (non-hydrogen) atoms. The Balaban J connectivity index is 1.68. The maximum absolute atomic E-state index is 12.1. The van der Waals surface area contributed by atoms with E-state index in [2.05, 4.69) is 16.4 Å². The van der Waals surface area contributed by atoms with E-state index in [0.29, 0.717) is 11.7 Å². The maximum atomic E-state index is 12.1. The van der Waals surface area contributed by atoms with Crippen LogP contribution in [-0.2, 0) is 4.79 Å². The number of aryl methyl sites for hydroxylation is 1. The Hall–Kier alpha value is -2.66. The monoisotopic (exact) mass is 338 g/mol. The molecule has 0 saturated heterocycles. The number of hydrogen-bond acceptors (Lipinski definition) is 4. The van der Waals surface area contributed by atoms with E-state index >= 15 is 0 Å². The van der Waals surface area contributed by atoms with Crippen molar-refractivity contribution in [2.75, 3.05) is 11.9 Å². The summed E-state index contributed by atoms with van der Waals surface area (Å²) in [6.45, 7) is 4.59. The van der Waals surface area contributed by atoms with Crippen molar-refractivity contribution in [3.63, 3.8) is 0 Å². The summed E-state index contributed by atoms with van der Waals surface area (Å²) in [4.78, 5) is 16.5. The average Bonchev–Trinajstić information content (AvgIpc) is 2.95. The van der Waals surface area contributed by atoms with Gasteiger partial charge in [-0.2, -0.15) is 0 Å². The molecule has 122 valence electrons. The molecule has 0 bridgehead atoms. The molecular formula is C19H18N2O2S. The van der Waals surface area contributed by atoms with Crippen LogP contribution in [0.3, 0.4) is 0 Å². The molecule has 1 N–H and O–H groups in total. The van der Waals surface area contributed by atoms with Crippen LogP contribution in [0.4, 0.5) is 5.13 Å². The molecule has 0 saturated carbocycles. The van der Waals surface area contributed by atoms with E-state index < -0.39 is 0 Å². The highest BCUT2D eigenvalue weighted by atomic mass is 32.1. The molecule has 2 aromatic carbocycles. The number of hydrogen-bond donors (Lipinski definition) is 1. The molecule has 0 aliphatic rings. The first-order chi connectivity index (χ1) is 11.6. The van der Waals surface area contributed by atoms with Crippen LogP contribution in [0.1, 0.15) is 18.1 Å². The summed E-state index contributed by atoms with van der Waals surface area (Å²) in [5.74, 6) is 0.592. The van der Waals surface area contributed by atoms with Gasteiger partial charge in [0.1, 0.15) is 5.75 Å². The van der Waals surface area contributed by atoms with E-state index in [1.54, 1.807) is 6.08 Å². The van der Waals surface area contributed by atoms with Gasteiger partial charge in [-0.1, -0.05) is 29.5 Å². The van der Waals surface area contributed by atoms with Gasteiger partial charge in [-0.3, -0.25) is 10.1 Å². The van der Waals surface area contributed by atoms with Crippen molar-refractivity contribution in [2.24, 2.45) is 0 Å². The molecule has 5 heteroatoms. The lowest BCUT2D eigenvalue weighted by Gasteiger charge is -2.03. The van der Waals surface area contributed by atoms with Crippen molar-refractivity contribution in [3.05, 3.63) is 59.7 Å². The number of fused-ring (bicyclic) bond motifs is 1. The van der Waals surface area contributed by atoms with Gasteiger partial charge in [-0.15, -0.1) is 0 Å². The fraction of sp³-hybridized carbons (Fsp3) is 0.158. The summed E-state index contributed by atoms with van der Waals surface area (Å²) in [5.41, 5.74) is 2.99. The van der Waals surface area contributed by atoms with Gasteiger partial charge in [0.2, 0.25) is 5.91 Å². The summed E-state index contributed by atoms with van der Waals surface area (Å²) in [6, 6.07) is 13.7. The Labute approximate surface area is 144 Å². The van der Waals surface area contributed by atoms with Gasteiger partial charge in [0.15, 0.2) is 5.13 Å². The normalized spacial score (nSPS) is 11.1. The third-order valence-electron chi connectivity index (χ3n) is 3.37. The Morgan fingerprint density at radius 2 is 2.17 bits per heavy atom. The van der Waals surface area contributed by atoms with Gasteiger partial charge >= 0.3 is 0 Å². The van der Waals surface area contributed by atoms with Crippen molar-refractivity contribution in [1.29, 1.82) is 0 Å². The minimum Gasteiger partial charge on any atom is -0.494 e. The van der Waals surface area contributed by atoms with Crippen LogP contribution in [0.2, 0.25) is 0 Å². The predicted molar refractivity (Wildman–Crippen MR) is 99.6 cm³/mol. The summed E-state index contributed by atoms with van der Waals surface area (Å²) in [7, 11) is 0. The second kappa shape index (κ2) is 7.27. The third-order valence-corrected chi connectivity index (χ3v) is 4.30. The van der Waals surface area contributed by atoms with Crippen LogP contribution >= 0.6 is 11.3 Å². The first kappa shape index (κ1) is 16.2. The number of thiazole rings is 1. The summed E-state index contributed by atoms with van der Waals surface area (Å²) in [6.07, 6.45) is 3.26. The van der Waals surface area contributed by atoms with Gasteiger partial charge in [0, 0.05) is 6.08 Å². The van der Waals surface area contributed by atoms with Gasteiger partial charge in [-0.05, 0) is 55.3 Å². The predicted octanol–water partition coefficient (Wildman–Crippen LogP) is 4.66. The SMILES string of the molecule is CCOc1cccc(C=CC(=O)Nc2nc3ccc(C)cc3s2)c1. The average molecular weight is 338 g/mol. The molecule has 3 aromatic rings. The van der Waals surface area contributed by atoms with Crippen LogP contribution in [0.25, 0.3) is 16.3 Å². The van der Waals surface area contributed by atoms with Crippen LogP contribution in [-0.4, -0.2) is 17.5 Å². The highest BCUT2D eigenvalue weighted by Gasteiger charge is 2.06. The molecule has 1 heterocycles. The van der Waals surface area contributed by atoms with Crippen LogP contribution < -0.4 is 10.1 Å². The second-order valence-electron chi connectivity index (χ2n) is 5.32. The number of benzene rings is 2. The van der Waals surface area contributed by atoms with E-state index in [1.165, 1.54) is 23.0 Å². The largest absolute Gasteiger partial charge is 0.494 e. The third kappa shape index (κ3) is 4.00. The van der Waals surface area contributed by atoms with Gasteiger partial charge in [0.25, 0.3) is 0 Å². The van der Waals surface area contributed by atoms with Crippen molar-refractivity contribution < 1.29 is 9.53 Å². The van der Waals surface area contributed by atoms with Gasteiger partial charge in [0.05, 0.1) is 16.8 Å².